The summed E-state index contributed by atoms with van der Waals surface area (Å²) < 4.78 is 36.0. The summed E-state index contributed by atoms with van der Waals surface area (Å²) >= 11 is 0. The molecule has 0 bridgehead atoms. The van der Waals surface area contributed by atoms with Crippen molar-refractivity contribution in [3.8, 4) is 17.0 Å². The van der Waals surface area contributed by atoms with Gasteiger partial charge in [-0.2, -0.15) is 0 Å². The molecule has 1 amide bonds. The lowest BCUT2D eigenvalue weighted by atomic mass is 10.1. The zero-order valence-electron chi connectivity index (χ0n) is 16.9. The molecule has 2 heterocycles. The van der Waals surface area contributed by atoms with Gasteiger partial charge >= 0.3 is 0 Å². The average molecular weight is 422 g/mol. The van der Waals surface area contributed by atoms with Crippen molar-refractivity contribution in [2.45, 2.75) is 13.8 Å². The molecule has 0 spiro atoms. The Morgan fingerprint density at radius 2 is 1.81 bits per heavy atom. The number of nitrogens with two attached hydrogens (primary N) is 1. The molecule has 3 N–H and O–H groups in total. The number of fused-ring (bicyclic) bond motifs is 1. The molecule has 0 aliphatic carbocycles. The van der Waals surface area contributed by atoms with Gasteiger partial charge in [-0.3, -0.25) is 9.20 Å². The van der Waals surface area contributed by atoms with E-state index in [0.29, 0.717) is 11.5 Å². The first-order valence-electron chi connectivity index (χ1n) is 9.56. The second-order valence-corrected chi connectivity index (χ2v) is 7.14. The molecular weight excluding hydrogens is 402 g/mol. The number of aromatic nitrogens is 2. The van der Waals surface area contributed by atoms with Gasteiger partial charge in [0, 0.05) is 11.9 Å². The highest BCUT2D eigenvalue weighted by atomic mass is 19.1. The summed E-state index contributed by atoms with van der Waals surface area (Å²) in [4.78, 5) is 15.7. The van der Waals surface area contributed by atoms with E-state index >= 15 is 0 Å². The number of nitrogens with zero attached hydrogens (tertiary/aromatic N) is 2. The Labute approximate surface area is 177 Å². The van der Waals surface area contributed by atoms with Crippen LogP contribution in [0.15, 0.2) is 54.7 Å². The number of nitrogens with one attached hydrogen (secondary N) is 1. The van der Waals surface area contributed by atoms with Gasteiger partial charge in [-0.1, -0.05) is 24.3 Å². The van der Waals surface area contributed by atoms with Gasteiger partial charge in [0.15, 0.2) is 6.61 Å². The maximum Gasteiger partial charge on any atom is 0.255 e. The molecule has 0 aliphatic rings. The molecular formula is C23H20F2N4O2. The molecule has 4 rings (SSSR count). The summed E-state index contributed by atoms with van der Waals surface area (Å²) in [5.74, 6) is -1.30. The van der Waals surface area contributed by atoms with E-state index in [0.717, 1.165) is 16.8 Å². The predicted molar refractivity (Wildman–Crippen MR) is 114 cm³/mol. The summed E-state index contributed by atoms with van der Waals surface area (Å²) in [5.41, 5.74) is 8.55. The molecule has 158 valence electrons. The van der Waals surface area contributed by atoms with E-state index in [1.807, 2.05) is 32.0 Å². The Hall–Kier alpha value is -3.94. The number of hydrogen-bond donors (Lipinski definition) is 2. The van der Waals surface area contributed by atoms with Crippen molar-refractivity contribution in [3.05, 3.63) is 77.5 Å². The highest BCUT2D eigenvalue weighted by Crippen LogP contribution is 2.39. The number of pyridine rings is 1. The summed E-state index contributed by atoms with van der Waals surface area (Å²) in [6.45, 7) is 3.45. The van der Waals surface area contributed by atoms with Crippen molar-refractivity contribution in [1.82, 2.24) is 9.38 Å². The van der Waals surface area contributed by atoms with Crippen LogP contribution in [0.3, 0.4) is 0 Å². The minimum atomic E-state index is -0.693. The smallest absolute Gasteiger partial charge is 0.255 e. The van der Waals surface area contributed by atoms with Crippen LogP contribution in [0.25, 0.3) is 16.9 Å². The fraction of sp³-hybridized carbons (Fsp3) is 0.130. The normalized spacial score (nSPS) is 11.0. The Bertz CT molecular complexity index is 1280. The van der Waals surface area contributed by atoms with Crippen molar-refractivity contribution in [3.63, 3.8) is 0 Å². The fourth-order valence-corrected chi connectivity index (χ4v) is 3.45. The van der Waals surface area contributed by atoms with E-state index in [4.69, 9.17) is 10.5 Å². The maximum atomic E-state index is 15.0. The number of hydrogen-bond acceptors (Lipinski definition) is 4. The molecule has 8 heteroatoms. The van der Waals surface area contributed by atoms with Crippen LogP contribution in [0, 0.1) is 25.5 Å². The molecule has 31 heavy (non-hydrogen) atoms. The van der Waals surface area contributed by atoms with E-state index in [2.05, 4.69) is 10.3 Å². The highest BCUT2D eigenvalue weighted by Gasteiger charge is 2.23. The van der Waals surface area contributed by atoms with E-state index in [9.17, 15) is 13.6 Å². The molecule has 0 saturated carbocycles. The number of halogens is 2. The number of para-hydroxylation sites is 1. The lowest BCUT2D eigenvalue weighted by molar-refractivity contribution is -0.119. The molecule has 2 aromatic heterocycles. The van der Waals surface area contributed by atoms with Crippen LogP contribution in [0.2, 0.25) is 0 Å². The number of primary amides is 1. The second-order valence-electron chi connectivity index (χ2n) is 7.14. The van der Waals surface area contributed by atoms with Crippen LogP contribution >= 0.6 is 0 Å². The largest absolute Gasteiger partial charge is 0.483 e. The summed E-state index contributed by atoms with van der Waals surface area (Å²) in [6, 6.07) is 12.8. The van der Waals surface area contributed by atoms with Crippen LogP contribution in [0.1, 0.15) is 11.1 Å². The Kier molecular flexibility index (Phi) is 5.29. The molecule has 0 atom stereocenters. The lowest BCUT2D eigenvalue weighted by Crippen LogP contribution is -2.20. The summed E-state index contributed by atoms with van der Waals surface area (Å²) in [7, 11) is 0. The molecule has 2 aromatic carbocycles. The highest BCUT2D eigenvalue weighted by molar-refractivity contribution is 5.84. The van der Waals surface area contributed by atoms with Gasteiger partial charge in [0.05, 0.1) is 5.56 Å². The minimum Gasteiger partial charge on any atom is -0.483 e. The van der Waals surface area contributed by atoms with Crippen molar-refractivity contribution in [2.24, 2.45) is 5.73 Å². The predicted octanol–water partition coefficient (Wildman–Crippen LogP) is 4.50. The number of amides is 1. The average Bonchev–Trinajstić information content (AvgIpc) is 3.06. The number of aryl methyl sites for hydroxylation is 2. The standard InChI is InChI=1S/C23H20F2N4O2/c1-13-5-3-6-14(2)21(13)28-23-22(27-19-10-9-15(24)11-29(19)23)20-16(25)7-4-8-17(20)31-12-18(26)30/h3-11,28H,12H2,1-2H3,(H2,26,30). The van der Waals surface area contributed by atoms with Gasteiger partial charge < -0.3 is 15.8 Å². The topological polar surface area (TPSA) is 81.6 Å². The summed E-state index contributed by atoms with van der Waals surface area (Å²) in [5, 5.41) is 3.30. The van der Waals surface area contributed by atoms with Crippen molar-refractivity contribution in [1.29, 1.82) is 0 Å². The van der Waals surface area contributed by atoms with Crippen LogP contribution in [0.4, 0.5) is 20.3 Å². The molecule has 0 radical (unpaired) electrons. The van der Waals surface area contributed by atoms with Gasteiger partial charge in [0.2, 0.25) is 0 Å². The number of carbonyl (C=O) groups is 1. The first-order chi connectivity index (χ1) is 14.8. The van der Waals surface area contributed by atoms with Crippen molar-refractivity contribution < 1.29 is 18.3 Å². The Morgan fingerprint density at radius 1 is 1.10 bits per heavy atom. The van der Waals surface area contributed by atoms with Crippen LogP contribution in [-0.4, -0.2) is 21.9 Å². The molecule has 6 nitrogen and oxygen atoms in total. The molecule has 0 saturated heterocycles. The van der Waals surface area contributed by atoms with Gasteiger partial charge in [-0.15, -0.1) is 0 Å². The van der Waals surface area contributed by atoms with Crippen molar-refractivity contribution in [2.75, 3.05) is 11.9 Å². The SMILES string of the molecule is Cc1cccc(C)c1Nc1c(-c2c(F)cccc2OCC(N)=O)nc2ccc(F)cn12. The molecule has 0 fully saturated rings. The van der Waals surface area contributed by atoms with Gasteiger partial charge in [0.25, 0.3) is 5.91 Å². The summed E-state index contributed by atoms with van der Waals surface area (Å²) in [6.07, 6.45) is 1.27. The number of rotatable bonds is 6. The third-order valence-corrected chi connectivity index (χ3v) is 4.89. The third kappa shape index (κ3) is 3.92. The van der Waals surface area contributed by atoms with Gasteiger partial charge in [-0.25, -0.2) is 13.8 Å². The van der Waals surface area contributed by atoms with E-state index < -0.39 is 24.1 Å². The lowest BCUT2D eigenvalue weighted by Gasteiger charge is -2.15. The first-order valence-corrected chi connectivity index (χ1v) is 9.56. The zero-order valence-corrected chi connectivity index (χ0v) is 16.9. The molecule has 0 aliphatic heterocycles. The second kappa shape index (κ2) is 8.06. The monoisotopic (exact) mass is 422 g/mol. The molecule has 4 aromatic rings. The van der Waals surface area contributed by atoms with Crippen LogP contribution in [0.5, 0.6) is 5.75 Å². The van der Waals surface area contributed by atoms with E-state index in [1.165, 1.54) is 40.9 Å². The van der Waals surface area contributed by atoms with Crippen LogP contribution < -0.4 is 15.8 Å². The number of anilines is 2. The molecule has 0 unspecified atom stereocenters. The number of imidazole rings is 1. The first kappa shape index (κ1) is 20.3. The van der Waals surface area contributed by atoms with Gasteiger partial charge in [-0.05, 0) is 49.2 Å². The van der Waals surface area contributed by atoms with Gasteiger partial charge in [0.1, 0.15) is 34.5 Å². The van der Waals surface area contributed by atoms with E-state index in [-0.39, 0.29) is 17.0 Å². The van der Waals surface area contributed by atoms with E-state index in [1.54, 1.807) is 0 Å². The maximum absolute atomic E-state index is 15.0. The Morgan fingerprint density at radius 3 is 2.52 bits per heavy atom. The van der Waals surface area contributed by atoms with Crippen molar-refractivity contribution >= 4 is 23.1 Å². The third-order valence-electron chi connectivity index (χ3n) is 4.89. The number of benzene rings is 2. The quantitative estimate of drug-likeness (QED) is 0.479. The minimum absolute atomic E-state index is 0.0431. The van der Waals surface area contributed by atoms with Crippen LogP contribution in [-0.2, 0) is 4.79 Å². The fourth-order valence-electron chi connectivity index (χ4n) is 3.45. The number of ether oxygens (including phenoxy) is 1. The zero-order chi connectivity index (χ0) is 22.1. The Balaban J connectivity index is 1.96. The number of carbonyl (C=O) groups excluding carboxylic acids is 1.